The topological polar surface area (TPSA) is 86.9 Å². The van der Waals surface area contributed by atoms with Gasteiger partial charge in [0.2, 0.25) is 5.91 Å². The van der Waals surface area contributed by atoms with Crippen LogP contribution < -0.4 is 0 Å². The molecule has 0 bridgehead atoms. The van der Waals surface area contributed by atoms with Gasteiger partial charge in [0.05, 0.1) is 4.92 Å². The lowest BCUT2D eigenvalue weighted by atomic mass is 10.1. The van der Waals surface area contributed by atoms with E-state index in [1.807, 2.05) is 11.8 Å². The Labute approximate surface area is 179 Å². The lowest BCUT2D eigenvalue weighted by molar-refractivity contribution is -0.385. The van der Waals surface area contributed by atoms with Crippen LogP contribution in [0.1, 0.15) is 18.1 Å². The summed E-state index contributed by atoms with van der Waals surface area (Å²) in [6.07, 6.45) is 0. The van der Waals surface area contributed by atoms with E-state index < -0.39 is 4.92 Å². The molecule has 30 heavy (non-hydrogen) atoms. The second kappa shape index (κ2) is 10.9. The number of amides is 1. The SMILES string of the molecule is C[C@@H]1CN(Cc2ccc(F)cc2)CCN1C(=O)CCl.Cc1ccc(O)c([N+](=O)[O-])c1. The predicted molar refractivity (Wildman–Crippen MR) is 113 cm³/mol. The van der Waals surface area contributed by atoms with Crippen LogP contribution in [0.15, 0.2) is 42.5 Å². The normalized spacial score (nSPS) is 16.5. The lowest BCUT2D eigenvalue weighted by Crippen LogP contribution is -2.53. The molecule has 1 aliphatic rings. The third-order valence-electron chi connectivity index (χ3n) is 4.79. The van der Waals surface area contributed by atoms with Gasteiger partial charge in [0, 0.05) is 38.3 Å². The average Bonchev–Trinajstić information content (AvgIpc) is 2.71. The van der Waals surface area contributed by atoms with Gasteiger partial charge in [0.15, 0.2) is 5.75 Å². The molecular formula is C21H25ClFN3O4. The monoisotopic (exact) mass is 437 g/mol. The zero-order valence-electron chi connectivity index (χ0n) is 16.9. The summed E-state index contributed by atoms with van der Waals surface area (Å²) < 4.78 is 12.8. The number of nitro groups is 1. The summed E-state index contributed by atoms with van der Waals surface area (Å²) in [5, 5.41) is 19.2. The molecule has 0 spiro atoms. The fourth-order valence-corrected chi connectivity index (χ4v) is 3.41. The zero-order valence-corrected chi connectivity index (χ0v) is 17.7. The smallest absolute Gasteiger partial charge is 0.310 e. The van der Waals surface area contributed by atoms with E-state index in [4.69, 9.17) is 16.7 Å². The van der Waals surface area contributed by atoms with E-state index in [9.17, 15) is 19.3 Å². The number of aromatic hydroxyl groups is 1. The van der Waals surface area contributed by atoms with Crippen molar-refractivity contribution in [1.29, 1.82) is 0 Å². The predicted octanol–water partition coefficient (Wildman–Crippen LogP) is 3.71. The highest BCUT2D eigenvalue weighted by molar-refractivity contribution is 6.27. The number of nitro benzene ring substituents is 1. The minimum absolute atomic E-state index is 0.00408. The van der Waals surface area contributed by atoms with Crippen LogP contribution in [0.3, 0.4) is 0 Å². The third kappa shape index (κ3) is 6.67. The molecule has 9 heteroatoms. The van der Waals surface area contributed by atoms with Crippen LogP contribution in [0.2, 0.25) is 0 Å². The maximum Gasteiger partial charge on any atom is 0.310 e. The first kappa shape index (κ1) is 23.6. The summed E-state index contributed by atoms with van der Waals surface area (Å²) in [6.45, 7) is 6.89. The summed E-state index contributed by atoms with van der Waals surface area (Å²) in [5.41, 5.74) is 1.60. The number of benzene rings is 2. The van der Waals surface area contributed by atoms with Gasteiger partial charge in [-0.1, -0.05) is 18.2 Å². The molecule has 0 aliphatic carbocycles. The Morgan fingerprint density at radius 3 is 2.47 bits per heavy atom. The minimum atomic E-state index is -0.609. The highest BCUT2D eigenvalue weighted by atomic mass is 35.5. The average molecular weight is 438 g/mol. The molecule has 0 radical (unpaired) electrons. The Morgan fingerprint density at radius 1 is 1.27 bits per heavy atom. The molecule has 1 amide bonds. The van der Waals surface area contributed by atoms with Gasteiger partial charge < -0.3 is 10.0 Å². The van der Waals surface area contributed by atoms with Crippen molar-refractivity contribution in [3.05, 3.63) is 69.5 Å². The van der Waals surface area contributed by atoms with Crippen molar-refractivity contribution >= 4 is 23.2 Å². The molecule has 2 aromatic carbocycles. The molecule has 0 unspecified atom stereocenters. The van der Waals surface area contributed by atoms with Gasteiger partial charge in [-0.2, -0.15) is 0 Å². The van der Waals surface area contributed by atoms with Crippen LogP contribution in [0, 0.1) is 22.9 Å². The number of rotatable bonds is 4. The molecule has 2 aromatic rings. The van der Waals surface area contributed by atoms with Gasteiger partial charge in [0.25, 0.3) is 0 Å². The second-order valence-corrected chi connectivity index (χ2v) is 7.45. The summed E-state index contributed by atoms with van der Waals surface area (Å²) >= 11 is 5.59. The summed E-state index contributed by atoms with van der Waals surface area (Å²) in [4.78, 5) is 25.3. The van der Waals surface area contributed by atoms with E-state index in [0.29, 0.717) is 6.54 Å². The molecule has 1 heterocycles. The van der Waals surface area contributed by atoms with Gasteiger partial charge in [0.1, 0.15) is 11.7 Å². The lowest BCUT2D eigenvalue weighted by Gasteiger charge is -2.39. The molecule has 0 saturated carbocycles. The van der Waals surface area contributed by atoms with Crippen molar-refractivity contribution in [3.8, 4) is 5.75 Å². The number of nitrogens with zero attached hydrogens (tertiary/aromatic N) is 3. The molecule has 1 fully saturated rings. The zero-order chi connectivity index (χ0) is 22.3. The fraction of sp³-hybridized carbons (Fsp3) is 0.381. The molecule has 1 saturated heterocycles. The van der Waals surface area contributed by atoms with E-state index in [1.165, 1.54) is 24.3 Å². The number of alkyl halides is 1. The van der Waals surface area contributed by atoms with Crippen molar-refractivity contribution in [2.45, 2.75) is 26.4 Å². The van der Waals surface area contributed by atoms with Gasteiger partial charge in [-0.05, 0) is 43.2 Å². The van der Waals surface area contributed by atoms with Crippen LogP contribution in [0.5, 0.6) is 5.75 Å². The van der Waals surface area contributed by atoms with E-state index in [0.717, 1.165) is 30.8 Å². The first-order valence-electron chi connectivity index (χ1n) is 9.47. The quantitative estimate of drug-likeness (QED) is 0.447. The van der Waals surface area contributed by atoms with Crippen molar-refractivity contribution in [3.63, 3.8) is 0 Å². The molecule has 1 atom stereocenters. The van der Waals surface area contributed by atoms with Crippen molar-refractivity contribution in [1.82, 2.24) is 9.80 Å². The Bertz CT molecular complexity index is 879. The standard InChI is InChI=1S/C14H18ClFN2O.C7H7NO3/c1-11-9-17(6-7-18(11)14(19)8-15)10-12-2-4-13(16)5-3-12;1-5-2-3-7(9)6(4-5)8(10)11/h2-5,11H,6-10H2,1H3;2-4,9H,1H3/t11-;/m1./s1. The number of hydrogen-bond acceptors (Lipinski definition) is 5. The Kier molecular flexibility index (Phi) is 8.56. The van der Waals surface area contributed by atoms with Gasteiger partial charge in [-0.3, -0.25) is 19.8 Å². The molecule has 0 aromatic heterocycles. The van der Waals surface area contributed by atoms with Crippen LogP contribution in [-0.4, -0.2) is 57.3 Å². The van der Waals surface area contributed by atoms with Crippen molar-refractivity contribution in [2.24, 2.45) is 0 Å². The molecule has 7 nitrogen and oxygen atoms in total. The Balaban J connectivity index is 0.000000248. The maximum atomic E-state index is 12.8. The van der Waals surface area contributed by atoms with Crippen molar-refractivity contribution < 1.29 is 19.2 Å². The van der Waals surface area contributed by atoms with Crippen molar-refractivity contribution in [2.75, 3.05) is 25.5 Å². The van der Waals surface area contributed by atoms with E-state index in [1.54, 1.807) is 25.1 Å². The highest BCUT2D eigenvalue weighted by Gasteiger charge is 2.26. The van der Waals surface area contributed by atoms with Gasteiger partial charge in [-0.25, -0.2) is 4.39 Å². The third-order valence-corrected chi connectivity index (χ3v) is 5.02. The molecule has 1 aliphatic heterocycles. The number of carbonyl (C=O) groups is 1. The fourth-order valence-electron chi connectivity index (χ4n) is 3.25. The molecule has 162 valence electrons. The number of halogens is 2. The molecular weight excluding hydrogens is 413 g/mol. The first-order chi connectivity index (χ1) is 14.2. The van der Waals surface area contributed by atoms with E-state index in [2.05, 4.69) is 4.90 Å². The van der Waals surface area contributed by atoms with Crippen LogP contribution in [-0.2, 0) is 11.3 Å². The summed E-state index contributed by atoms with van der Waals surface area (Å²) in [6, 6.07) is 11.0. The van der Waals surface area contributed by atoms with E-state index in [-0.39, 0.29) is 35.1 Å². The number of hydrogen-bond donors (Lipinski definition) is 1. The molecule has 3 rings (SSSR count). The Hall–Kier alpha value is -2.71. The number of aryl methyl sites for hydroxylation is 1. The first-order valence-corrected chi connectivity index (χ1v) is 10.0. The molecule has 1 N–H and O–H groups in total. The summed E-state index contributed by atoms with van der Waals surface area (Å²) in [5.74, 6) is -0.465. The van der Waals surface area contributed by atoms with E-state index >= 15 is 0 Å². The number of phenols is 1. The van der Waals surface area contributed by atoms with Gasteiger partial charge >= 0.3 is 5.69 Å². The summed E-state index contributed by atoms with van der Waals surface area (Å²) in [7, 11) is 0. The number of piperazine rings is 1. The van der Waals surface area contributed by atoms with Crippen LogP contribution >= 0.6 is 11.6 Å². The van der Waals surface area contributed by atoms with Gasteiger partial charge in [-0.15, -0.1) is 11.6 Å². The second-order valence-electron chi connectivity index (χ2n) is 7.18. The Morgan fingerprint density at radius 2 is 1.93 bits per heavy atom. The number of phenolic OH excluding ortho intramolecular Hbond substituents is 1. The maximum absolute atomic E-state index is 12.8. The highest BCUT2D eigenvalue weighted by Crippen LogP contribution is 2.25. The van der Waals surface area contributed by atoms with Crippen LogP contribution in [0.25, 0.3) is 0 Å². The minimum Gasteiger partial charge on any atom is -0.502 e. The van der Waals surface area contributed by atoms with Crippen LogP contribution in [0.4, 0.5) is 10.1 Å². The largest absolute Gasteiger partial charge is 0.502 e. The number of carbonyl (C=O) groups excluding carboxylic acids is 1.